The van der Waals surface area contributed by atoms with Crippen molar-refractivity contribution < 1.29 is 9.18 Å². The van der Waals surface area contributed by atoms with Gasteiger partial charge in [-0.2, -0.15) is 0 Å². The molecule has 0 bridgehead atoms. The van der Waals surface area contributed by atoms with Gasteiger partial charge < -0.3 is 10.2 Å². The van der Waals surface area contributed by atoms with Gasteiger partial charge in [-0.1, -0.05) is 29.8 Å². The average Bonchev–Trinajstić information content (AvgIpc) is 2.76. The zero-order chi connectivity index (χ0) is 20.9. The molecule has 1 aromatic heterocycles. The SMILES string of the molecule is O=C(Nc1ccc(CN2CCN(c3ccccn3)CC2)cc1)c1ccc(F)cc1Cl. The number of nitrogens with one attached hydrogen (secondary N) is 1. The van der Waals surface area contributed by atoms with E-state index in [-0.39, 0.29) is 16.5 Å². The molecule has 0 aliphatic carbocycles. The van der Waals surface area contributed by atoms with Gasteiger partial charge in [0.15, 0.2) is 0 Å². The molecule has 0 atom stereocenters. The van der Waals surface area contributed by atoms with Crippen molar-refractivity contribution in [3.8, 4) is 0 Å². The highest BCUT2D eigenvalue weighted by atomic mass is 35.5. The van der Waals surface area contributed by atoms with Crippen LogP contribution in [0.4, 0.5) is 15.9 Å². The van der Waals surface area contributed by atoms with Crippen LogP contribution in [0.3, 0.4) is 0 Å². The lowest BCUT2D eigenvalue weighted by Crippen LogP contribution is -2.46. The van der Waals surface area contributed by atoms with Crippen molar-refractivity contribution in [2.75, 3.05) is 36.4 Å². The molecule has 1 aliphatic heterocycles. The van der Waals surface area contributed by atoms with Crippen LogP contribution < -0.4 is 10.2 Å². The molecule has 0 radical (unpaired) electrons. The van der Waals surface area contributed by atoms with E-state index in [2.05, 4.69) is 20.1 Å². The van der Waals surface area contributed by atoms with Crippen LogP contribution in [0.25, 0.3) is 0 Å². The van der Waals surface area contributed by atoms with E-state index in [1.54, 1.807) is 0 Å². The molecule has 3 aromatic rings. The molecule has 1 aliphatic rings. The van der Waals surface area contributed by atoms with Crippen LogP contribution in [0.2, 0.25) is 5.02 Å². The minimum Gasteiger partial charge on any atom is -0.354 e. The van der Waals surface area contributed by atoms with Crippen LogP contribution >= 0.6 is 11.6 Å². The second-order valence-corrected chi connectivity index (χ2v) is 7.63. The van der Waals surface area contributed by atoms with Crippen molar-refractivity contribution in [3.63, 3.8) is 0 Å². The first kappa shape index (κ1) is 20.3. The van der Waals surface area contributed by atoms with Gasteiger partial charge in [0, 0.05) is 44.6 Å². The minimum absolute atomic E-state index is 0.0916. The fraction of sp³-hybridized carbons (Fsp3) is 0.217. The first-order valence-electron chi connectivity index (χ1n) is 9.82. The van der Waals surface area contributed by atoms with Gasteiger partial charge in [0.1, 0.15) is 11.6 Å². The fourth-order valence-electron chi connectivity index (χ4n) is 3.50. The van der Waals surface area contributed by atoms with Crippen LogP contribution in [0.1, 0.15) is 15.9 Å². The molecular formula is C23H22ClFN4O. The molecule has 1 N–H and O–H groups in total. The molecule has 5 nitrogen and oxygen atoms in total. The number of benzene rings is 2. The summed E-state index contributed by atoms with van der Waals surface area (Å²) in [5.74, 6) is 0.193. The Morgan fingerprint density at radius 2 is 1.80 bits per heavy atom. The maximum absolute atomic E-state index is 13.2. The molecule has 2 aromatic carbocycles. The molecule has 7 heteroatoms. The van der Waals surface area contributed by atoms with Crippen molar-refractivity contribution in [2.24, 2.45) is 0 Å². The van der Waals surface area contributed by atoms with Crippen molar-refractivity contribution >= 4 is 29.0 Å². The summed E-state index contributed by atoms with van der Waals surface area (Å²) in [5.41, 5.74) is 2.09. The highest BCUT2D eigenvalue weighted by Gasteiger charge is 2.18. The van der Waals surface area contributed by atoms with Gasteiger partial charge in [-0.3, -0.25) is 9.69 Å². The summed E-state index contributed by atoms with van der Waals surface area (Å²) < 4.78 is 13.2. The lowest BCUT2D eigenvalue weighted by Gasteiger charge is -2.35. The van der Waals surface area contributed by atoms with Crippen LogP contribution in [-0.2, 0) is 6.54 Å². The third-order valence-corrected chi connectivity index (χ3v) is 5.45. The number of aromatic nitrogens is 1. The number of carbonyl (C=O) groups excluding carboxylic acids is 1. The maximum atomic E-state index is 13.2. The van der Waals surface area contributed by atoms with Crippen LogP contribution in [0, 0.1) is 5.82 Å². The number of anilines is 2. The van der Waals surface area contributed by atoms with Gasteiger partial charge in [0.05, 0.1) is 10.6 Å². The number of halogens is 2. The van der Waals surface area contributed by atoms with Gasteiger partial charge in [-0.15, -0.1) is 0 Å². The van der Waals surface area contributed by atoms with Crippen LogP contribution in [-0.4, -0.2) is 42.0 Å². The van der Waals surface area contributed by atoms with Gasteiger partial charge in [-0.25, -0.2) is 9.37 Å². The monoisotopic (exact) mass is 424 g/mol. The van der Waals surface area contributed by atoms with E-state index in [0.717, 1.165) is 44.6 Å². The Morgan fingerprint density at radius 1 is 1.03 bits per heavy atom. The van der Waals surface area contributed by atoms with Gasteiger partial charge in [0.25, 0.3) is 5.91 Å². The number of amides is 1. The molecule has 1 fully saturated rings. The smallest absolute Gasteiger partial charge is 0.257 e. The lowest BCUT2D eigenvalue weighted by atomic mass is 10.1. The topological polar surface area (TPSA) is 48.5 Å². The van der Waals surface area contributed by atoms with E-state index < -0.39 is 5.82 Å². The van der Waals surface area contributed by atoms with Crippen molar-refractivity contribution in [3.05, 3.63) is 88.8 Å². The van der Waals surface area contributed by atoms with Crippen molar-refractivity contribution in [1.82, 2.24) is 9.88 Å². The Balaban J connectivity index is 1.30. The summed E-state index contributed by atoms with van der Waals surface area (Å²) in [5, 5.41) is 2.89. The van der Waals surface area contributed by atoms with Crippen LogP contribution in [0.15, 0.2) is 66.9 Å². The first-order valence-corrected chi connectivity index (χ1v) is 10.2. The number of hydrogen-bond acceptors (Lipinski definition) is 4. The van der Waals surface area contributed by atoms with E-state index in [1.165, 1.54) is 17.7 Å². The molecule has 0 unspecified atom stereocenters. The third-order valence-electron chi connectivity index (χ3n) is 5.14. The van der Waals surface area contributed by atoms with E-state index in [1.807, 2.05) is 48.7 Å². The molecule has 154 valence electrons. The summed E-state index contributed by atoms with van der Waals surface area (Å²) in [6.45, 7) is 4.69. The highest BCUT2D eigenvalue weighted by molar-refractivity contribution is 6.34. The zero-order valence-corrected chi connectivity index (χ0v) is 17.1. The van der Waals surface area contributed by atoms with Gasteiger partial charge >= 0.3 is 0 Å². The first-order chi connectivity index (χ1) is 14.6. The summed E-state index contributed by atoms with van der Waals surface area (Å²) >= 11 is 5.96. The van der Waals surface area contributed by atoms with E-state index in [0.29, 0.717) is 5.69 Å². The molecule has 1 saturated heterocycles. The second-order valence-electron chi connectivity index (χ2n) is 7.23. The second kappa shape index (κ2) is 9.24. The number of carbonyl (C=O) groups is 1. The lowest BCUT2D eigenvalue weighted by molar-refractivity contribution is 0.102. The maximum Gasteiger partial charge on any atom is 0.257 e. The van der Waals surface area contributed by atoms with E-state index in [9.17, 15) is 9.18 Å². The quantitative estimate of drug-likeness (QED) is 0.657. The minimum atomic E-state index is -0.471. The number of piperazine rings is 1. The summed E-state index contributed by atoms with van der Waals surface area (Å²) in [4.78, 5) is 21.5. The number of pyridine rings is 1. The van der Waals surface area contributed by atoms with Crippen molar-refractivity contribution in [2.45, 2.75) is 6.54 Å². The molecule has 4 rings (SSSR count). The normalized spacial score (nSPS) is 14.5. The van der Waals surface area contributed by atoms with Crippen molar-refractivity contribution in [1.29, 1.82) is 0 Å². The molecule has 1 amide bonds. The summed E-state index contributed by atoms with van der Waals surface area (Å²) in [7, 11) is 0. The van der Waals surface area contributed by atoms with Gasteiger partial charge in [0.2, 0.25) is 0 Å². The molecule has 30 heavy (non-hydrogen) atoms. The summed E-state index contributed by atoms with van der Waals surface area (Å²) in [6, 6.07) is 17.5. The standard InChI is InChI=1S/C23H22ClFN4O/c24-21-15-18(25)6-9-20(21)23(30)27-19-7-4-17(5-8-19)16-28-11-13-29(14-12-28)22-3-1-2-10-26-22/h1-10,15H,11-14,16H2,(H,27,30). The number of hydrogen-bond donors (Lipinski definition) is 1. The van der Waals surface area contributed by atoms with E-state index >= 15 is 0 Å². The Hall–Kier alpha value is -2.96. The molecule has 0 saturated carbocycles. The predicted molar refractivity (Wildman–Crippen MR) is 118 cm³/mol. The Kier molecular flexibility index (Phi) is 6.26. The van der Waals surface area contributed by atoms with Crippen LogP contribution in [0.5, 0.6) is 0 Å². The fourth-order valence-corrected chi connectivity index (χ4v) is 3.75. The molecular weight excluding hydrogens is 403 g/mol. The largest absolute Gasteiger partial charge is 0.354 e. The Morgan fingerprint density at radius 3 is 2.47 bits per heavy atom. The van der Waals surface area contributed by atoms with E-state index in [4.69, 9.17) is 11.6 Å². The number of rotatable bonds is 5. The molecule has 2 heterocycles. The average molecular weight is 425 g/mol. The zero-order valence-electron chi connectivity index (χ0n) is 16.4. The number of nitrogens with zero attached hydrogens (tertiary/aromatic N) is 3. The third kappa shape index (κ3) is 4.96. The van der Waals surface area contributed by atoms with Gasteiger partial charge in [-0.05, 0) is 48.0 Å². The Bertz CT molecular complexity index is 1010. The predicted octanol–water partition coefficient (Wildman–Crippen LogP) is 4.45. The highest BCUT2D eigenvalue weighted by Crippen LogP contribution is 2.20. The Labute approximate surface area is 180 Å². The molecule has 0 spiro atoms. The summed E-state index contributed by atoms with van der Waals surface area (Å²) in [6.07, 6.45) is 1.83.